The van der Waals surface area contributed by atoms with E-state index < -0.39 is 12.2 Å². The van der Waals surface area contributed by atoms with Crippen molar-refractivity contribution in [2.45, 2.75) is 18.6 Å². The number of hydrogen-bond donors (Lipinski definition) is 0. The zero-order chi connectivity index (χ0) is 10.4. The molecule has 1 fully saturated rings. The van der Waals surface area contributed by atoms with Gasteiger partial charge in [-0.3, -0.25) is 4.79 Å². The summed E-state index contributed by atoms with van der Waals surface area (Å²) in [6.45, 7) is 0.137. The second-order valence-electron chi connectivity index (χ2n) is 3.77. The molecule has 0 N–H and O–H groups in total. The van der Waals surface area contributed by atoms with Gasteiger partial charge in [0.1, 0.15) is 24.8 Å². The molecule has 15 heavy (non-hydrogen) atoms. The third kappa shape index (κ3) is 1.29. The van der Waals surface area contributed by atoms with E-state index >= 15 is 0 Å². The van der Waals surface area contributed by atoms with Crippen LogP contribution in [0.2, 0.25) is 0 Å². The highest BCUT2D eigenvalue weighted by Gasteiger charge is 2.39. The van der Waals surface area contributed by atoms with E-state index in [9.17, 15) is 9.18 Å². The minimum absolute atomic E-state index is 0.0552. The Kier molecular flexibility index (Phi) is 1.87. The summed E-state index contributed by atoms with van der Waals surface area (Å²) < 4.78 is 23.4. The molecule has 0 amide bonds. The molecule has 0 spiro atoms. The molecule has 1 saturated heterocycles. The minimum Gasteiger partial charge on any atom is -0.344 e. The lowest BCUT2D eigenvalue weighted by Crippen LogP contribution is -2.42. The van der Waals surface area contributed by atoms with Crippen LogP contribution in [-0.4, -0.2) is 18.7 Å². The van der Waals surface area contributed by atoms with Crippen molar-refractivity contribution < 1.29 is 18.7 Å². The number of ketones is 1. The molecule has 0 saturated carbocycles. The smallest absolute Gasteiger partial charge is 0.195 e. The van der Waals surface area contributed by atoms with Crippen molar-refractivity contribution in [1.82, 2.24) is 0 Å². The maximum atomic E-state index is 13.0. The molecule has 3 rings (SSSR count). The Hall–Kier alpha value is -1.26. The van der Waals surface area contributed by atoms with Gasteiger partial charge in [0, 0.05) is 6.42 Å². The average Bonchev–Trinajstić information content (AvgIpc) is 2.19. The Bertz CT molecular complexity index is 430. The number of carbonyl (C=O) groups is 1. The summed E-state index contributed by atoms with van der Waals surface area (Å²) in [7, 11) is 0. The molecule has 4 heteroatoms. The Balaban J connectivity index is 2.12. The van der Waals surface area contributed by atoms with Crippen LogP contribution in [-0.2, 0) is 20.7 Å². The highest BCUT2D eigenvalue weighted by Crippen LogP contribution is 2.34. The normalized spacial score (nSPS) is 28.7. The van der Waals surface area contributed by atoms with Gasteiger partial charge in [-0.15, -0.1) is 0 Å². The van der Waals surface area contributed by atoms with Gasteiger partial charge in [-0.25, -0.2) is 4.39 Å². The van der Waals surface area contributed by atoms with Crippen molar-refractivity contribution in [2.75, 3.05) is 6.79 Å². The SMILES string of the molecule is O=C1C2Cc3cc(F)ccc3C1OCO2. The van der Waals surface area contributed by atoms with Crippen LogP contribution >= 0.6 is 0 Å². The van der Waals surface area contributed by atoms with E-state index in [4.69, 9.17) is 9.47 Å². The van der Waals surface area contributed by atoms with Crippen molar-refractivity contribution in [3.8, 4) is 0 Å². The predicted octanol–water partition coefficient (Wildman–Crippen LogP) is 1.36. The van der Waals surface area contributed by atoms with Crippen molar-refractivity contribution in [3.63, 3.8) is 0 Å². The van der Waals surface area contributed by atoms with Gasteiger partial charge in [-0.1, -0.05) is 6.07 Å². The number of ether oxygens (including phenoxy) is 2. The first kappa shape index (κ1) is 9.00. The summed E-state index contributed by atoms with van der Waals surface area (Å²) >= 11 is 0. The Morgan fingerprint density at radius 1 is 1.33 bits per heavy atom. The Morgan fingerprint density at radius 2 is 2.20 bits per heavy atom. The fraction of sp³-hybridized carbons (Fsp3) is 0.364. The fourth-order valence-electron chi connectivity index (χ4n) is 2.13. The molecular formula is C11H9FO3. The molecule has 1 heterocycles. The fourth-order valence-corrected chi connectivity index (χ4v) is 2.13. The van der Waals surface area contributed by atoms with Crippen LogP contribution in [0.4, 0.5) is 4.39 Å². The van der Waals surface area contributed by atoms with Gasteiger partial charge in [0.15, 0.2) is 5.78 Å². The molecule has 2 atom stereocenters. The van der Waals surface area contributed by atoms with Gasteiger partial charge in [-0.05, 0) is 23.3 Å². The molecule has 2 aliphatic rings. The van der Waals surface area contributed by atoms with Crippen LogP contribution in [0.5, 0.6) is 0 Å². The number of fused-ring (bicyclic) bond motifs is 4. The summed E-state index contributed by atoms with van der Waals surface area (Å²) in [4.78, 5) is 11.7. The van der Waals surface area contributed by atoms with E-state index in [1.807, 2.05) is 0 Å². The van der Waals surface area contributed by atoms with E-state index in [0.29, 0.717) is 6.42 Å². The molecule has 1 aromatic carbocycles. The van der Waals surface area contributed by atoms with Gasteiger partial charge >= 0.3 is 0 Å². The molecule has 2 bridgehead atoms. The van der Waals surface area contributed by atoms with E-state index in [0.717, 1.165) is 11.1 Å². The Labute approximate surface area is 85.8 Å². The van der Waals surface area contributed by atoms with Gasteiger partial charge in [0.25, 0.3) is 0 Å². The number of rotatable bonds is 0. The van der Waals surface area contributed by atoms with Crippen LogP contribution in [0, 0.1) is 5.82 Å². The quantitative estimate of drug-likeness (QED) is 0.645. The highest BCUT2D eigenvalue weighted by atomic mass is 19.1. The lowest BCUT2D eigenvalue weighted by Gasteiger charge is -2.34. The van der Waals surface area contributed by atoms with Gasteiger partial charge < -0.3 is 9.47 Å². The van der Waals surface area contributed by atoms with Crippen molar-refractivity contribution in [2.24, 2.45) is 0 Å². The molecule has 0 radical (unpaired) electrons. The van der Waals surface area contributed by atoms with Crippen LogP contribution in [0.3, 0.4) is 0 Å². The number of Topliss-reactive ketones (excluding diaryl/α,β-unsaturated/α-hetero) is 1. The standard InChI is InChI=1S/C11H9FO3/c12-7-1-2-8-6(3-7)4-9-10(13)11(8)15-5-14-9/h1-3,9,11H,4-5H2. The van der Waals surface area contributed by atoms with Crippen LogP contribution in [0.1, 0.15) is 17.2 Å². The predicted molar refractivity (Wildman–Crippen MR) is 48.7 cm³/mol. The molecule has 3 nitrogen and oxygen atoms in total. The lowest BCUT2D eigenvalue weighted by atomic mass is 9.86. The van der Waals surface area contributed by atoms with E-state index in [1.54, 1.807) is 6.07 Å². The molecule has 1 aliphatic carbocycles. The zero-order valence-electron chi connectivity index (χ0n) is 7.90. The molecular weight excluding hydrogens is 199 g/mol. The average molecular weight is 208 g/mol. The van der Waals surface area contributed by atoms with Crippen LogP contribution in [0.15, 0.2) is 18.2 Å². The number of hydrogen-bond acceptors (Lipinski definition) is 3. The van der Waals surface area contributed by atoms with Crippen molar-refractivity contribution in [3.05, 3.63) is 35.1 Å². The maximum Gasteiger partial charge on any atom is 0.195 e. The zero-order valence-corrected chi connectivity index (χ0v) is 7.90. The first-order chi connectivity index (χ1) is 7.25. The summed E-state index contributed by atoms with van der Waals surface area (Å²) in [5.74, 6) is -0.346. The van der Waals surface area contributed by atoms with Gasteiger partial charge in [-0.2, -0.15) is 0 Å². The minimum atomic E-state index is -0.562. The van der Waals surface area contributed by atoms with E-state index in [2.05, 4.69) is 0 Å². The molecule has 78 valence electrons. The highest BCUT2D eigenvalue weighted by molar-refractivity contribution is 5.91. The molecule has 2 unspecified atom stereocenters. The summed E-state index contributed by atoms with van der Waals surface area (Å²) in [6.07, 6.45) is -0.572. The number of halogens is 1. The van der Waals surface area contributed by atoms with E-state index in [1.165, 1.54) is 12.1 Å². The van der Waals surface area contributed by atoms with E-state index in [-0.39, 0.29) is 18.4 Å². The molecule has 0 aromatic heterocycles. The molecule has 1 aliphatic heterocycles. The van der Waals surface area contributed by atoms with Gasteiger partial charge in [0.05, 0.1) is 0 Å². The topological polar surface area (TPSA) is 35.5 Å². The Morgan fingerprint density at radius 3 is 3.07 bits per heavy atom. The largest absolute Gasteiger partial charge is 0.344 e. The monoisotopic (exact) mass is 208 g/mol. The first-order valence-corrected chi connectivity index (χ1v) is 4.81. The molecule has 1 aromatic rings. The second-order valence-corrected chi connectivity index (χ2v) is 3.77. The summed E-state index contributed by atoms with van der Waals surface area (Å²) in [6, 6.07) is 4.42. The van der Waals surface area contributed by atoms with Crippen molar-refractivity contribution in [1.29, 1.82) is 0 Å². The first-order valence-electron chi connectivity index (χ1n) is 4.81. The number of benzene rings is 1. The second kappa shape index (κ2) is 3.12. The van der Waals surface area contributed by atoms with Gasteiger partial charge in [0.2, 0.25) is 0 Å². The summed E-state index contributed by atoms with van der Waals surface area (Å²) in [5.41, 5.74) is 1.59. The maximum absolute atomic E-state index is 13.0. The third-order valence-electron chi connectivity index (χ3n) is 2.87. The third-order valence-corrected chi connectivity index (χ3v) is 2.87. The summed E-state index contributed by atoms with van der Waals surface area (Å²) in [5, 5.41) is 0. The van der Waals surface area contributed by atoms with Crippen molar-refractivity contribution >= 4 is 5.78 Å². The number of carbonyl (C=O) groups excluding carboxylic acids is 1. The van der Waals surface area contributed by atoms with Crippen LogP contribution in [0.25, 0.3) is 0 Å². The van der Waals surface area contributed by atoms with Crippen LogP contribution < -0.4 is 0 Å². The lowest BCUT2D eigenvalue weighted by molar-refractivity contribution is -0.190.